The summed E-state index contributed by atoms with van der Waals surface area (Å²) in [7, 11) is 0. The van der Waals surface area contributed by atoms with Gasteiger partial charge in [0.25, 0.3) is 11.8 Å². The van der Waals surface area contributed by atoms with Crippen molar-refractivity contribution in [3.8, 4) is 5.75 Å². The molecule has 3 amide bonds. The summed E-state index contributed by atoms with van der Waals surface area (Å²) in [5, 5.41) is 11.7. The van der Waals surface area contributed by atoms with Crippen LogP contribution in [-0.4, -0.2) is 56.8 Å². The number of pyridine rings is 1. The maximum absolute atomic E-state index is 13.5. The topological polar surface area (TPSA) is 127 Å². The average molecular weight is 551 g/mol. The lowest BCUT2D eigenvalue weighted by Gasteiger charge is -2.32. The number of nitrogens with one attached hydrogen (secondary N) is 3. The van der Waals surface area contributed by atoms with Crippen molar-refractivity contribution in [1.82, 2.24) is 25.4 Å². The molecule has 13 heteroatoms. The molecule has 212 valence electrons. The van der Waals surface area contributed by atoms with Crippen LogP contribution < -0.4 is 20.7 Å². The van der Waals surface area contributed by atoms with E-state index in [1.807, 2.05) is 19.2 Å². The van der Waals surface area contributed by atoms with Gasteiger partial charge in [0, 0.05) is 30.9 Å². The quantitative estimate of drug-likeness (QED) is 0.461. The van der Waals surface area contributed by atoms with Crippen molar-refractivity contribution in [3.05, 3.63) is 36.3 Å². The summed E-state index contributed by atoms with van der Waals surface area (Å²) in [5.41, 5.74) is 0.340. The molecule has 1 aliphatic heterocycles. The number of amides is 3. The number of aromatic nitrogens is 3. The number of halogens is 3. The Balaban J connectivity index is 1.47. The van der Waals surface area contributed by atoms with Gasteiger partial charge in [0.2, 0.25) is 5.91 Å². The highest BCUT2D eigenvalue weighted by Crippen LogP contribution is 2.32. The molecular formula is C26H33F3N6O4. The van der Waals surface area contributed by atoms with Gasteiger partial charge in [-0.2, -0.15) is 18.3 Å². The maximum atomic E-state index is 13.5. The molecule has 0 spiro atoms. The van der Waals surface area contributed by atoms with Crippen molar-refractivity contribution in [2.75, 3.05) is 5.32 Å². The Morgan fingerprint density at radius 1 is 1.15 bits per heavy atom. The zero-order valence-electron chi connectivity index (χ0n) is 22.0. The maximum Gasteiger partial charge on any atom is 0.408 e. The van der Waals surface area contributed by atoms with Gasteiger partial charge in [-0.15, -0.1) is 0 Å². The molecule has 1 saturated carbocycles. The van der Waals surface area contributed by atoms with Crippen molar-refractivity contribution in [3.63, 3.8) is 0 Å². The number of hydrogen-bond donors (Lipinski definition) is 3. The van der Waals surface area contributed by atoms with Crippen molar-refractivity contribution in [2.45, 2.75) is 83.3 Å². The molecular weight excluding hydrogens is 517 g/mol. The molecule has 1 saturated heterocycles. The SMILES string of the molecule is CC1CCC([C@H](NC(=O)c2ccnn2C(C)C)C(=O)Nc2cc(O[C@@H]3C[C@@H](C(F)(F)F)NC3=O)ccn2)CC1. The van der Waals surface area contributed by atoms with Crippen molar-refractivity contribution in [1.29, 1.82) is 0 Å². The molecule has 1 aliphatic carbocycles. The highest BCUT2D eigenvalue weighted by molar-refractivity contribution is 6.00. The van der Waals surface area contributed by atoms with Crippen LogP contribution in [0.15, 0.2) is 30.6 Å². The fraction of sp³-hybridized carbons (Fsp3) is 0.577. The van der Waals surface area contributed by atoms with E-state index in [1.54, 1.807) is 10.7 Å². The fourth-order valence-electron chi connectivity index (χ4n) is 5.02. The summed E-state index contributed by atoms with van der Waals surface area (Å²) in [5.74, 6) is -1.16. The van der Waals surface area contributed by atoms with Gasteiger partial charge in [-0.3, -0.25) is 19.1 Å². The number of nitrogens with zero attached hydrogens (tertiary/aromatic N) is 3. The largest absolute Gasteiger partial charge is 0.480 e. The van der Waals surface area contributed by atoms with E-state index < -0.39 is 48.5 Å². The van der Waals surface area contributed by atoms with E-state index in [0.717, 1.165) is 25.7 Å². The van der Waals surface area contributed by atoms with E-state index in [1.165, 1.54) is 24.5 Å². The molecule has 3 N–H and O–H groups in total. The van der Waals surface area contributed by atoms with Gasteiger partial charge in [-0.1, -0.05) is 19.8 Å². The third-order valence-electron chi connectivity index (χ3n) is 7.21. The molecule has 10 nitrogen and oxygen atoms in total. The molecule has 2 aromatic rings. The Bertz CT molecular complexity index is 1190. The molecule has 0 bridgehead atoms. The van der Waals surface area contributed by atoms with Crippen LogP contribution in [0.3, 0.4) is 0 Å². The molecule has 0 radical (unpaired) electrons. The third-order valence-corrected chi connectivity index (χ3v) is 7.21. The minimum atomic E-state index is -4.58. The summed E-state index contributed by atoms with van der Waals surface area (Å²) < 4.78 is 46.0. The lowest BCUT2D eigenvalue weighted by Crippen LogP contribution is -2.49. The van der Waals surface area contributed by atoms with Crippen molar-refractivity contribution < 1.29 is 32.3 Å². The molecule has 2 aliphatic rings. The molecule has 2 fully saturated rings. The molecule has 39 heavy (non-hydrogen) atoms. The highest BCUT2D eigenvalue weighted by Gasteiger charge is 2.48. The summed E-state index contributed by atoms with van der Waals surface area (Å²) in [4.78, 5) is 42.7. The normalized spacial score (nSPS) is 24.2. The van der Waals surface area contributed by atoms with Crippen LogP contribution in [0.25, 0.3) is 0 Å². The van der Waals surface area contributed by atoms with Crippen molar-refractivity contribution in [2.24, 2.45) is 11.8 Å². The number of hydrogen-bond acceptors (Lipinski definition) is 6. The predicted molar refractivity (Wildman–Crippen MR) is 135 cm³/mol. The summed E-state index contributed by atoms with van der Waals surface area (Å²) in [6, 6.07) is 1.44. The Morgan fingerprint density at radius 2 is 1.87 bits per heavy atom. The smallest absolute Gasteiger partial charge is 0.408 e. The predicted octanol–water partition coefficient (Wildman–Crippen LogP) is 3.62. The Hall–Kier alpha value is -3.64. The lowest BCUT2D eigenvalue weighted by molar-refractivity contribution is -0.155. The first-order chi connectivity index (χ1) is 18.4. The Morgan fingerprint density at radius 3 is 2.51 bits per heavy atom. The van der Waals surface area contributed by atoms with Crippen LogP contribution in [0.2, 0.25) is 0 Å². The molecule has 0 aromatic carbocycles. The van der Waals surface area contributed by atoms with Crippen LogP contribution in [-0.2, 0) is 9.59 Å². The van der Waals surface area contributed by atoms with E-state index in [0.29, 0.717) is 11.6 Å². The average Bonchev–Trinajstić information content (AvgIpc) is 3.51. The van der Waals surface area contributed by atoms with Crippen LogP contribution in [0.4, 0.5) is 19.0 Å². The number of rotatable bonds is 8. The van der Waals surface area contributed by atoms with E-state index in [4.69, 9.17) is 4.74 Å². The Kier molecular flexibility index (Phi) is 8.45. The number of anilines is 1. The number of ether oxygens (including phenoxy) is 1. The third kappa shape index (κ3) is 6.87. The molecule has 2 aromatic heterocycles. The van der Waals surface area contributed by atoms with E-state index in [-0.39, 0.29) is 23.5 Å². The van der Waals surface area contributed by atoms with Gasteiger partial charge < -0.3 is 20.7 Å². The molecule has 3 atom stereocenters. The first kappa shape index (κ1) is 28.4. The first-order valence-corrected chi connectivity index (χ1v) is 13.1. The van der Waals surface area contributed by atoms with E-state index in [2.05, 4.69) is 27.6 Å². The number of carbonyl (C=O) groups excluding carboxylic acids is 3. The summed E-state index contributed by atoms with van der Waals surface area (Å²) in [6.45, 7) is 5.95. The second kappa shape index (κ2) is 11.6. The standard InChI is InChI=1S/C26H33F3N6O4/c1-14(2)35-18(9-11-31-35)23(36)34-22(16-6-4-15(3)5-7-16)25(38)33-21-12-17(8-10-30-21)39-19-13-20(26(27,28)29)32-24(19)37/h8-12,14-16,19-20,22H,4-7,13H2,1-3H3,(H,32,37)(H,34,36)(H,30,33,38)/t15?,16?,19-,20+,22+/m1/s1. The minimum absolute atomic E-state index is 0.0520. The van der Waals surface area contributed by atoms with E-state index >= 15 is 0 Å². The number of carbonyl (C=O) groups is 3. The van der Waals surface area contributed by atoms with Gasteiger partial charge in [-0.25, -0.2) is 4.98 Å². The van der Waals surface area contributed by atoms with Crippen LogP contribution in [0.5, 0.6) is 5.75 Å². The number of alkyl halides is 3. The second-order valence-electron chi connectivity index (χ2n) is 10.5. The van der Waals surface area contributed by atoms with Crippen molar-refractivity contribution >= 4 is 23.5 Å². The second-order valence-corrected chi connectivity index (χ2v) is 10.5. The Labute approximate surface area is 224 Å². The van der Waals surface area contributed by atoms with Crippen LogP contribution in [0.1, 0.15) is 69.4 Å². The van der Waals surface area contributed by atoms with Gasteiger partial charge in [0.15, 0.2) is 6.10 Å². The minimum Gasteiger partial charge on any atom is -0.480 e. The van der Waals surface area contributed by atoms with E-state index in [9.17, 15) is 27.6 Å². The zero-order valence-corrected chi connectivity index (χ0v) is 22.0. The van der Waals surface area contributed by atoms with Gasteiger partial charge >= 0.3 is 6.18 Å². The monoisotopic (exact) mass is 550 g/mol. The van der Waals surface area contributed by atoms with Gasteiger partial charge in [0.05, 0.1) is 0 Å². The van der Waals surface area contributed by atoms with Crippen LogP contribution >= 0.6 is 0 Å². The summed E-state index contributed by atoms with van der Waals surface area (Å²) in [6.07, 6.45) is -0.241. The fourth-order valence-corrected chi connectivity index (χ4v) is 5.02. The van der Waals surface area contributed by atoms with Gasteiger partial charge in [-0.05, 0) is 50.7 Å². The van der Waals surface area contributed by atoms with Gasteiger partial charge in [0.1, 0.15) is 29.3 Å². The van der Waals surface area contributed by atoms with Crippen LogP contribution in [0, 0.1) is 11.8 Å². The lowest BCUT2D eigenvalue weighted by atomic mass is 9.79. The zero-order chi connectivity index (χ0) is 28.3. The summed E-state index contributed by atoms with van der Waals surface area (Å²) >= 11 is 0. The molecule has 4 rings (SSSR count). The highest BCUT2D eigenvalue weighted by atomic mass is 19.4. The molecule has 3 heterocycles. The molecule has 0 unspecified atom stereocenters. The first-order valence-electron chi connectivity index (χ1n) is 13.1.